The Morgan fingerprint density at radius 1 is 0.828 bits per heavy atom. The van der Waals surface area contributed by atoms with Crippen LogP contribution in [0.1, 0.15) is 29.0 Å². The van der Waals surface area contributed by atoms with E-state index in [0.717, 1.165) is 37.6 Å². The third-order valence-corrected chi connectivity index (χ3v) is 5.91. The van der Waals surface area contributed by atoms with Gasteiger partial charge >= 0.3 is 0 Å². The first kappa shape index (κ1) is 21.9. The van der Waals surface area contributed by atoms with Crippen LogP contribution in [0.2, 0.25) is 5.02 Å². The average molecular weight is 427 g/mol. The average Bonchev–Trinajstić information content (AvgIpc) is 2.75. The molecule has 0 radical (unpaired) electrons. The van der Waals surface area contributed by atoms with Gasteiger partial charge in [0.2, 0.25) is 0 Å². The minimum Gasteiger partial charge on any atom is -0.309 e. The van der Waals surface area contributed by atoms with E-state index in [9.17, 15) is 0 Å². The van der Waals surface area contributed by atoms with Crippen molar-refractivity contribution in [3.63, 3.8) is 0 Å². The molecule has 0 amide bonds. The first-order chi connectivity index (χ1) is 13.8. The number of benzene rings is 3. The maximum atomic E-state index is 6.02. The molecule has 4 rings (SSSR count). The highest BCUT2D eigenvalue weighted by atomic mass is 35.5. The van der Waals surface area contributed by atoms with Crippen molar-refractivity contribution < 1.29 is 0 Å². The van der Waals surface area contributed by atoms with Gasteiger partial charge in [-0.2, -0.15) is 0 Å². The Morgan fingerprint density at radius 3 is 2.17 bits per heavy atom. The second-order valence-electron chi connectivity index (χ2n) is 7.64. The van der Waals surface area contributed by atoms with Gasteiger partial charge in [-0.15, -0.1) is 12.4 Å². The van der Waals surface area contributed by atoms with Gasteiger partial charge in [-0.25, -0.2) is 0 Å². The summed E-state index contributed by atoms with van der Waals surface area (Å²) in [5.41, 5.74) is 4.10. The molecule has 0 saturated carbocycles. The lowest BCUT2D eigenvalue weighted by Crippen LogP contribution is -2.47. The molecule has 4 heteroatoms. The van der Waals surface area contributed by atoms with E-state index in [-0.39, 0.29) is 12.4 Å². The lowest BCUT2D eigenvalue weighted by Gasteiger charge is -2.39. The third kappa shape index (κ3) is 6.07. The van der Waals surface area contributed by atoms with Crippen LogP contribution in [0.15, 0.2) is 84.9 Å². The largest absolute Gasteiger partial charge is 0.309 e. The predicted molar refractivity (Wildman–Crippen MR) is 125 cm³/mol. The summed E-state index contributed by atoms with van der Waals surface area (Å²) in [6.45, 7) is 4.10. The first-order valence-corrected chi connectivity index (χ1v) is 10.4. The smallest absolute Gasteiger partial charge is 0.0406 e. The Hall–Kier alpha value is -1.84. The Labute approximate surface area is 185 Å². The van der Waals surface area contributed by atoms with E-state index in [0.29, 0.717) is 12.0 Å². The number of hydrogen-bond acceptors (Lipinski definition) is 2. The molecule has 152 valence electrons. The zero-order chi connectivity index (χ0) is 19.2. The van der Waals surface area contributed by atoms with Gasteiger partial charge in [-0.05, 0) is 35.2 Å². The van der Waals surface area contributed by atoms with Crippen molar-refractivity contribution in [3.8, 4) is 0 Å². The van der Waals surface area contributed by atoms with Gasteiger partial charge in [0.1, 0.15) is 0 Å². The minimum atomic E-state index is 0. The van der Waals surface area contributed by atoms with Gasteiger partial charge in [0.15, 0.2) is 0 Å². The lowest BCUT2D eigenvalue weighted by atomic mass is 9.85. The normalized spacial score (nSPS) is 19.5. The maximum absolute atomic E-state index is 6.02. The van der Waals surface area contributed by atoms with Crippen LogP contribution in [0.4, 0.5) is 0 Å². The van der Waals surface area contributed by atoms with Crippen LogP contribution >= 0.6 is 24.0 Å². The highest BCUT2D eigenvalue weighted by Gasteiger charge is 2.30. The Morgan fingerprint density at radius 2 is 1.48 bits per heavy atom. The summed E-state index contributed by atoms with van der Waals surface area (Å²) in [4.78, 5) is 2.59. The molecule has 0 bridgehead atoms. The summed E-state index contributed by atoms with van der Waals surface area (Å²) in [7, 11) is 0. The van der Waals surface area contributed by atoms with Gasteiger partial charge in [0, 0.05) is 43.2 Å². The second-order valence-corrected chi connectivity index (χ2v) is 8.08. The van der Waals surface area contributed by atoms with Gasteiger partial charge in [0.25, 0.3) is 0 Å². The van der Waals surface area contributed by atoms with E-state index in [1.54, 1.807) is 0 Å². The van der Waals surface area contributed by atoms with Gasteiger partial charge in [-0.1, -0.05) is 84.4 Å². The highest BCUT2D eigenvalue weighted by Crippen LogP contribution is 2.28. The molecule has 3 aromatic carbocycles. The fourth-order valence-electron chi connectivity index (χ4n) is 4.14. The van der Waals surface area contributed by atoms with Crippen LogP contribution in [0.5, 0.6) is 0 Å². The number of hydrogen-bond donors (Lipinski definition) is 1. The molecule has 3 aromatic rings. The Bertz CT molecular complexity index is 853. The van der Waals surface area contributed by atoms with Crippen LogP contribution in [-0.4, -0.2) is 24.0 Å². The van der Waals surface area contributed by atoms with Crippen molar-refractivity contribution in [1.82, 2.24) is 10.2 Å². The van der Waals surface area contributed by atoms with Gasteiger partial charge in [-0.3, -0.25) is 4.90 Å². The zero-order valence-corrected chi connectivity index (χ0v) is 18.1. The highest BCUT2D eigenvalue weighted by molar-refractivity contribution is 6.30. The predicted octanol–water partition coefficient (Wildman–Crippen LogP) is 5.91. The molecular weight excluding hydrogens is 399 g/mol. The summed E-state index contributed by atoms with van der Waals surface area (Å²) >= 11 is 6.02. The number of nitrogens with one attached hydrogen (secondary N) is 1. The van der Waals surface area contributed by atoms with Crippen LogP contribution < -0.4 is 5.32 Å². The van der Waals surface area contributed by atoms with Crippen molar-refractivity contribution >= 4 is 24.0 Å². The number of halogens is 2. The third-order valence-electron chi connectivity index (χ3n) is 5.66. The molecule has 1 N–H and O–H groups in total. The molecule has 2 atom stereocenters. The Balaban J connectivity index is 0.00000240. The van der Waals surface area contributed by atoms with Crippen LogP contribution in [0.25, 0.3) is 0 Å². The van der Waals surface area contributed by atoms with Gasteiger partial charge in [0.05, 0.1) is 0 Å². The monoisotopic (exact) mass is 426 g/mol. The molecular formula is C25H28Cl2N2. The lowest BCUT2D eigenvalue weighted by molar-refractivity contribution is 0.166. The molecule has 0 aliphatic carbocycles. The second kappa shape index (κ2) is 10.8. The van der Waals surface area contributed by atoms with E-state index in [2.05, 4.69) is 83.0 Å². The molecule has 29 heavy (non-hydrogen) atoms. The first-order valence-electron chi connectivity index (χ1n) is 10.1. The van der Waals surface area contributed by atoms with Crippen LogP contribution in [0, 0.1) is 0 Å². The van der Waals surface area contributed by atoms with E-state index in [4.69, 9.17) is 11.6 Å². The summed E-state index contributed by atoms with van der Waals surface area (Å²) in [6, 6.07) is 30.4. The summed E-state index contributed by atoms with van der Waals surface area (Å²) < 4.78 is 0. The zero-order valence-electron chi connectivity index (χ0n) is 16.5. The van der Waals surface area contributed by atoms with E-state index in [1.165, 1.54) is 16.7 Å². The molecule has 2 unspecified atom stereocenters. The minimum absolute atomic E-state index is 0. The fourth-order valence-corrected chi connectivity index (χ4v) is 4.26. The van der Waals surface area contributed by atoms with Crippen LogP contribution in [-0.2, 0) is 13.1 Å². The van der Waals surface area contributed by atoms with Crippen molar-refractivity contribution in [2.24, 2.45) is 0 Å². The molecule has 1 heterocycles. The summed E-state index contributed by atoms with van der Waals surface area (Å²) in [5.74, 6) is 0.492. The number of rotatable bonds is 6. The molecule has 0 spiro atoms. The van der Waals surface area contributed by atoms with E-state index >= 15 is 0 Å². The summed E-state index contributed by atoms with van der Waals surface area (Å²) in [6.07, 6.45) is 1.15. The molecule has 2 nitrogen and oxygen atoms in total. The number of likely N-dealkylation sites (tertiary alicyclic amines) is 1. The SMILES string of the molecule is Cl.Clc1ccc(CNC2CCN(Cc3ccccc3)CC2c2ccccc2)cc1. The van der Waals surface area contributed by atoms with Crippen molar-refractivity contribution in [2.45, 2.75) is 31.5 Å². The van der Waals surface area contributed by atoms with Crippen molar-refractivity contribution in [1.29, 1.82) is 0 Å². The summed E-state index contributed by atoms with van der Waals surface area (Å²) in [5, 5.41) is 4.61. The fraction of sp³-hybridized carbons (Fsp3) is 0.280. The molecule has 1 saturated heterocycles. The van der Waals surface area contributed by atoms with Crippen molar-refractivity contribution in [3.05, 3.63) is 107 Å². The Kier molecular flexibility index (Phi) is 8.14. The molecule has 0 aromatic heterocycles. The number of nitrogens with zero attached hydrogens (tertiary/aromatic N) is 1. The van der Waals surface area contributed by atoms with Crippen molar-refractivity contribution in [2.75, 3.05) is 13.1 Å². The topological polar surface area (TPSA) is 15.3 Å². The number of piperidine rings is 1. The van der Waals surface area contributed by atoms with E-state index < -0.39 is 0 Å². The molecule has 1 aliphatic rings. The maximum Gasteiger partial charge on any atom is 0.0406 e. The molecule has 1 aliphatic heterocycles. The quantitative estimate of drug-likeness (QED) is 0.526. The van der Waals surface area contributed by atoms with Crippen LogP contribution in [0.3, 0.4) is 0 Å². The standard InChI is InChI=1S/C25H27ClN2.ClH/c26-23-13-11-20(12-14-23)17-27-25-15-16-28(18-21-7-3-1-4-8-21)19-24(25)22-9-5-2-6-10-22;/h1-14,24-25,27H,15-19H2;1H. The molecule has 1 fully saturated rings. The van der Waals surface area contributed by atoms with E-state index in [1.807, 2.05) is 12.1 Å². The van der Waals surface area contributed by atoms with Gasteiger partial charge < -0.3 is 5.32 Å².